The van der Waals surface area contributed by atoms with Crippen LogP contribution < -0.4 is 14.4 Å². The minimum absolute atomic E-state index is 0.247. The maximum absolute atomic E-state index is 13.7. The van der Waals surface area contributed by atoms with Gasteiger partial charge in [0.1, 0.15) is 0 Å². The summed E-state index contributed by atoms with van der Waals surface area (Å²) in [6, 6.07) is 14.2. The molecule has 196 valence electrons. The van der Waals surface area contributed by atoms with Crippen LogP contribution >= 0.6 is 50.9 Å². The zero-order chi connectivity index (χ0) is 27.6. The van der Waals surface area contributed by atoms with Gasteiger partial charge in [-0.2, -0.15) is 0 Å². The molecule has 1 aliphatic heterocycles. The summed E-state index contributed by atoms with van der Waals surface area (Å²) in [6.45, 7) is 3.26. The van der Waals surface area contributed by atoms with Crippen LogP contribution in [-0.2, 0) is 9.59 Å². The minimum atomic E-state index is -1.11. The van der Waals surface area contributed by atoms with Gasteiger partial charge in [0.2, 0.25) is 0 Å². The molecule has 1 N–H and O–H groups in total. The van der Waals surface area contributed by atoms with E-state index in [4.69, 9.17) is 42.8 Å². The number of amidine groups is 1. The number of methoxy groups -OCH3 is 1. The predicted octanol–water partition coefficient (Wildman–Crippen LogP) is 7.65. The molecule has 3 aromatic carbocycles. The van der Waals surface area contributed by atoms with Gasteiger partial charge in [0.25, 0.3) is 5.91 Å². The highest BCUT2D eigenvalue weighted by Gasteiger charge is 2.35. The fourth-order valence-corrected chi connectivity index (χ4v) is 5.43. The molecule has 0 radical (unpaired) electrons. The lowest BCUT2D eigenvalue weighted by atomic mass is 10.1. The summed E-state index contributed by atoms with van der Waals surface area (Å²) in [5.74, 6) is -0.839. The zero-order valence-corrected chi connectivity index (χ0v) is 24.3. The van der Waals surface area contributed by atoms with Gasteiger partial charge < -0.3 is 14.6 Å². The molecule has 1 fully saturated rings. The number of anilines is 1. The number of carboxylic acids is 1. The molecule has 3 aromatic rings. The number of rotatable bonds is 7. The Balaban J connectivity index is 1.77. The van der Waals surface area contributed by atoms with Crippen LogP contribution in [0.25, 0.3) is 6.08 Å². The first-order valence-electron chi connectivity index (χ1n) is 11.1. The molecule has 1 saturated heterocycles. The van der Waals surface area contributed by atoms with Crippen molar-refractivity contribution in [3.63, 3.8) is 0 Å². The van der Waals surface area contributed by atoms with E-state index in [0.717, 1.165) is 11.1 Å². The number of aryl methyl sites for hydroxylation is 2. The summed E-state index contributed by atoms with van der Waals surface area (Å²) in [7, 11) is 1.45. The van der Waals surface area contributed by atoms with E-state index in [1.807, 2.05) is 38.1 Å². The van der Waals surface area contributed by atoms with Crippen LogP contribution in [0.1, 0.15) is 16.7 Å². The van der Waals surface area contributed by atoms with E-state index in [2.05, 4.69) is 15.9 Å². The number of hydrogen-bond acceptors (Lipinski definition) is 6. The highest BCUT2D eigenvalue weighted by molar-refractivity contribution is 9.10. The van der Waals surface area contributed by atoms with Gasteiger partial charge in [0.15, 0.2) is 23.3 Å². The SMILES string of the molecule is COc1cc(/C=C2/SC(=Nc3ccc(C)c(Cl)c3)N(c3ccc(C)c(Cl)c3)C2=O)cc(Br)c1OCC(=O)O. The Kier molecular flexibility index (Phi) is 8.72. The lowest BCUT2D eigenvalue weighted by Gasteiger charge is -2.16. The number of aliphatic imine (C=N–C) groups is 1. The van der Waals surface area contributed by atoms with Crippen LogP contribution in [0.4, 0.5) is 11.4 Å². The van der Waals surface area contributed by atoms with Gasteiger partial charge in [0, 0.05) is 10.0 Å². The number of benzene rings is 3. The summed E-state index contributed by atoms with van der Waals surface area (Å²) in [5.41, 5.74) is 3.62. The van der Waals surface area contributed by atoms with E-state index in [1.54, 1.807) is 30.3 Å². The van der Waals surface area contributed by atoms with Gasteiger partial charge in [-0.1, -0.05) is 35.3 Å². The largest absolute Gasteiger partial charge is 0.493 e. The van der Waals surface area contributed by atoms with Crippen molar-refractivity contribution in [3.8, 4) is 11.5 Å². The van der Waals surface area contributed by atoms with Gasteiger partial charge in [-0.3, -0.25) is 9.69 Å². The van der Waals surface area contributed by atoms with E-state index in [1.165, 1.54) is 23.8 Å². The Morgan fingerprint density at radius 1 is 1.11 bits per heavy atom. The third kappa shape index (κ3) is 6.18. The van der Waals surface area contributed by atoms with Crippen molar-refractivity contribution in [3.05, 3.63) is 84.6 Å². The Morgan fingerprint density at radius 3 is 2.42 bits per heavy atom. The molecule has 1 aliphatic rings. The predicted molar refractivity (Wildman–Crippen MR) is 156 cm³/mol. The lowest BCUT2D eigenvalue weighted by Crippen LogP contribution is -2.28. The van der Waals surface area contributed by atoms with E-state index in [0.29, 0.717) is 47.3 Å². The fraction of sp³-hybridized carbons (Fsp3) is 0.148. The van der Waals surface area contributed by atoms with Crippen molar-refractivity contribution in [1.29, 1.82) is 0 Å². The second kappa shape index (κ2) is 11.8. The third-order valence-corrected chi connectivity index (χ3v) is 7.86. The molecule has 0 atom stereocenters. The van der Waals surface area contributed by atoms with Gasteiger partial charge in [-0.05, 0) is 101 Å². The molecule has 11 heteroatoms. The molecular formula is C27H21BrCl2N2O5S. The lowest BCUT2D eigenvalue weighted by molar-refractivity contribution is -0.139. The number of halogens is 3. The summed E-state index contributed by atoms with van der Waals surface area (Å²) >= 11 is 17.3. The maximum atomic E-state index is 13.7. The highest BCUT2D eigenvalue weighted by Crippen LogP contribution is 2.41. The molecule has 0 unspecified atom stereocenters. The molecule has 38 heavy (non-hydrogen) atoms. The number of thioether (sulfide) groups is 1. The van der Waals surface area contributed by atoms with Gasteiger partial charge >= 0.3 is 5.97 Å². The van der Waals surface area contributed by atoms with Gasteiger partial charge in [-0.25, -0.2) is 9.79 Å². The van der Waals surface area contributed by atoms with Crippen LogP contribution in [0.3, 0.4) is 0 Å². The van der Waals surface area contributed by atoms with Crippen molar-refractivity contribution in [2.45, 2.75) is 13.8 Å². The van der Waals surface area contributed by atoms with E-state index >= 15 is 0 Å². The van der Waals surface area contributed by atoms with Crippen LogP contribution in [0.5, 0.6) is 11.5 Å². The Hall–Kier alpha value is -2.98. The normalized spacial score (nSPS) is 15.4. The standard InChI is InChI=1S/C27H21BrCl2N2O5S/c1-14-4-6-17(11-20(14)29)31-27-32(18-7-5-15(2)21(30)12-18)26(35)23(38-27)10-16-8-19(28)25(22(9-16)36-3)37-13-24(33)34/h4-12H,13H2,1-3H3,(H,33,34)/b23-10+,31-27?. The smallest absolute Gasteiger partial charge is 0.341 e. The Bertz CT molecular complexity index is 1510. The van der Waals surface area contributed by atoms with Crippen molar-refractivity contribution >= 4 is 85.4 Å². The second-order valence-corrected chi connectivity index (χ2v) is 10.9. The van der Waals surface area contributed by atoms with Crippen molar-refractivity contribution in [2.75, 3.05) is 18.6 Å². The molecule has 7 nitrogen and oxygen atoms in total. The minimum Gasteiger partial charge on any atom is -0.493 e. The quantitative estimate of drug-likeness (QED) is 0.268. The summed E-state index contributed by atoms with van der Waals surface area (Å²) in [5, 5.41) is 10.5. The number of hydrogen-bond donors (Lipinski definition) is 1. The highest BCUT2D eigenvalue weighted by atomic mass is 79.9. The zero-order valence-electron chi connectivity index (χ0n) is 20.4. The second-order valence-electron chi connectivity index (χ2n) is 8.23. The van der Waals surface area contributed by atoms with Crippen LogP contribution in [0, 0.1) is 13.8 Å². The Morgan fingerprint density at radius 2 is 1.79 bits per heavy atom. The molecule has 1 amide bonds. The van der Waals surface area contributed by atoms with Crippen molar-refractivity contribution < 1.29 is 24.2 Å². The van der Waals surface area contributed by atoms with Crippen LogP contribution in [0.15, 0.2) is 62.9 Å². The average Bonchev–Trinajstić information content (AvgIpc) is 3.16. The number of amides is 1. The summed E-state index contributed by atoms with van der Waals surface area (Å²) in [6.07, 6.45) is 1.70. The van der Waals surface area contributed by atoms with E-state index in [-0.39, 0.29) is 11.7 Å². The molecule has 1 heterocycles. The third-order valence-electron chi connectivity index (χ3n) is 5.49. The molecule has 0 aliphatic carbocycles. The number of nitrogens with zero attached hydrogens (tertiary/aromatic N) is 2. The fourth-order valence-electron chi connectivity index (χ4n) is 3.51. The summed E-state index contributed by atoms with van der Waals surface area (Å²) < 4.78 is 11.2. The monoisotopic (exact) mass is 634 g/mol. The maximum Gasteiger partial charge on any atom is 0.341 e. The first kappa shape index (κ1) is 28.0. The van der Waals surface area contributed by atoms with Crippen molar-refractivity contribution in [1.82, 2.24) is 0 Å². The molecule has 4 rings (SSSR count). The molecular weight excluding hydrogens is 615 g/mol. The van der Waals surface area contributed by atoms with Crippen molar-refractivity contribution in [2.24, 2.45) is 4.99 Å². The number of ether oxygens (including phenoxy) is 2. The first-order valence-corrected chi connectivity index (χ1v) is 13.5. The summed E-state index contributed by atoms with van der Waals surface area (Å²) in [4.78, 5) is 31.2. The van der Waals surface area contributed by atoms with E-state index < -0.39 is 12.6 Å². The number of carbonyl (C=O) groups excluding carboxylic acids is 1. The van der Waals surface area contributed by atoms with Crippen LogP contribution in [0.2, 0.25) is 10.0 Å². The van der Waals surface area contributed by atoms with Crippen LogP contribution in [-0.4, -0.2) is 35.9 Å². The Labute approximate surface area is 242 Å². The molecule has 0 bridgehead atoms. The first-order chi connectivity index (χ1) is 18.1. The topological polar surface area (TPSA) is 88.4 Å². The number of carbonyl (C=O) groups is 2. The van der Waals surface area contributed by atoms with Gasteiger partial charge in [0.05, 0.1) is 27.9 Å². The van der Waals surface area contributed by atoms with Gasteiger partial charge in [-0.15, -0.1) is 0 Å². The number of carboxylic acid groups (broad SMARTS) is 1. The number of aliphatic carboxylic acids is 1. The molecule has 0 aromatic heterocycles. The molecule has 0 spiro atoms. The van der Waals surface area contributed by atoms with E-state index in [9.17, 15) is 9.59 Å². The average molecular weight is 636 g/mol. The molecule has 0 saturated carbocycles.